The highest BCUT2D eigenvalue weighted by atomic mass is 15.2. The molecule has 2 aliphatic rings. The van der Waals surface area contributed by atoms with E-state index in [2.05, 4.69) is 528 Å². The van der Waals surface area contributed by atoms with Crippen molar-refractivity contribution in [2.75, 3.05) is 9.80 Å². The maximum atomic E-state index is 2.82. The summed E-state index contributed by atoms with van der Waals surface area (Å²) in [4.78, 5) is 5.64. The van der Waals surface area contributed by atoms with Crippen LogP contribution in [0, 0.1) is 37.9 Å². The first-order valence-corrected chi connectivity index (χ1v) is 51.8. The molecule has 0 fully saturated rings. The summed E-state index contributed by atoms with van der Waals surface area (Å²) in [6.45, 7) is 50.2. The molecule has 0 radical (unpaired) electrons. The Bertz CT molecular complexity index is 7410. The number of rotatable bonds is 19. The van der Waals surface area contributed by atoms with Crippen molar-refractivity contribution < 1.29 is 0 Å². The zero-order valence-corrected chi connectivity index (χ0v) is 87.5. The Morgan fingerprint density at radius 2 is 0.444 bits per heavy atom. The van der Waals surface area contributed by atoms with Crippen LogP contribution in [-0.4, -0.2) is 15.8 Å². The van der Waals surface area contributed by atoms with Crippen LogP contribution in [0.1, 0.15) is 184 Å². The Hall–Kier alpha value is -14.0. The standard InChI is InChI=1S/C137H137BN4/c1-131(2,3)82-89-38-34-50-102(66-89)110-80-124(112(76-106(110)87-136(16,17)18)104-52-36-40-91(68-104)84-133(7,8)9)141-126-78-108(139-120-62-54-98(94-42-26-22-27-43-94)72-114(120)115-73-99(55-63-121(115)139)95-44-28-23-29-45-95)58-60-118(126)138-119-61-59-109(140-122-64-56-100(96-46-30-24-31-47-96)74-116(122)117-75-101(57-65-123(117)140)97-48-32-25-33-49-97)79-127(119)142(129-71-93(86-135(13,14)15)70-128(141)130(129)138)125-81-111(103-51-35-39-90(67-103)83-132(4,5)6)107(88-137(19,20)21)77-113(125)105-53-37-41-92(69-105)85-134(10,11)12/h22-81H,82-88H2,1-21H3. The molecule has 5 heteroatoms. The van der Waals surface area contributed by atoms with Gasteiger partial charge in [-0.2, -0.15) is 0 Å². The van der Waals surface area contributed by atoms with E-state index in [4.69, 9.17) is 0 Å². The van der Waals surface area contributed by atoms with Crippen molar-refractivity contribution >= 4 is 101 Å². The molecular formula is C137H137BN4. The number of benzene rings is 17. The van der Waals surface area contributed by atoms with Gasteiger partial charge in [-0.15, -0.1) is 0 Å². The summed E-state index contributed by atoms with van der Waals surface area (Å²) in [6.07, 6.45) is 6.24. The minimum atomic E-state index is -0.311. The van der Waals surface area contributed by atoms with Crippen LogP contribution >= 0.6 is 0 Å². The molecule has 0 N–H and O–H groups in total. The van der Waals surface area contributed by atoms with E-state index in [1.54, 1.807) is 0 Å². The largest absolute Gasteiger partial charge is 0.311 e. The van der Waals surface area contributed by atoms with E-state index in [0.717, 1.165) is 101 Å². The van der Waals surface area contributed by atoms with Gasteiger partial charge in [-0.05, 0) is 325 Å². The summed E-state index contributed by atoms with van der Waals surface area (Å²) >= 11 is 0. The molecule has 0 unspecified atom stereocenters. The van der Waals surface area contributed by atoms with Crippen LogP contribution in [0.2, 0.25) is 0 Å². The monoisotopic (exact) mass is 1850 g/mol. The van der Waals surface area contributed by atoms with E-state index in [0.29, 0.717) is 0 Å². The third-order valence-electron chi connectivity index (χ3n) is 28.6. The fourth-order valence-electron chi connectivity index (χ4n) is 23.3. The van der Waals surface area contributed by atoms with Crippen LogP contribution in [0.5, 0.6) is 0 Å². The molecule has 708 valence electrons. The Labute approximate surface area is 845 Å². The van der Waals surface area contributed by atoms with Gasteiger partial charge in [0.25, 0.3) is 6.71 Å². The fraction of sp³-hybridized carbons (Fsp3) is 0.255. The highest BCUT2D eigenvalue weighted by molar-refractivity contribution is 7.00. The minimum Gasteiger partial charge on any atom is -0.311 e. The second-order valence-corrected chi connectivity index (χ2v) is 49.7. The van der Waals surface area contributed by atoms with Crippen molar-refractivity contribution in [3.05, 3.63) is 403 Å². The number of fused-ring (bicyclic) bond motifs is 10. The van der Waals surface area contributed by atoms with Gasteiger partial charge in [0.15, 0.2) is 0 Å². The zero-order valence-electron chi connectivity index (χ0n) is 87.5. The SMILES string of the molecule is CC(C)(C)Cc1cccc(-c2cc(N3c4cc(-n5c6ccc(-c7ccccc7)cc6c6cc(-c7ccccc7)ccc65)ccc4B4c5ccc(-n6c7ccc(-c8ccccc8)cc7c7cc(-c8ccccc8)ccc76)cc5N(c5cc(-c6cccc(CC(C)(C)C)c6)c(CC(C)(C)C)cc5-c5cccc(CC(C)(C)C)c5)c5cc(CC(C)(C)C)cc3c54)c(-c3cccc(CC(C)(C)C)c3)cc2CC(C)(C)C)c1. The Balaban J connectivity index is 0.934. The van der Waals surface area contributed by atoms with E-state index in [1.165, 1.54) is 177 Å². The molecular weight excluding hydrogens is 1710 g/mol. The molecule has 0 aliphatic carbocycles. The normalized spacial score (nSPS) is 13.1. The summed E-state index contributed by atoms with van der Waals surface area (Å²) in [5, 5.41) is 4.82. The lowest BCUT2D eigenvalue weighted by Gasteiger charge is -2.46. The van der Waals surface area contributed by atoms with Crippen molar-refractivity contribution in [3.63, 3.8) is 0 Å². The van der Waals surface area contributed by atoms with Gasteiger partial charge in [-0.25, -0.2) is 0 Å². The predicted molar refractivity (Wildman–Crippen MR) is 615 cm³/mol. The van der Waals surface area contributed by atoms with E-state index < -0.39 is 0 Å². The van der Waals surface area contributed by atoms with E-state index in [-0.39, 0.29) is 44.6 Å². The van der Waals surface area contributed by atoms with E-state index in [9.17, 15) is 0 Å². The van der Waals surface area contributed by atoms with Gasteiger partial charge in [0, 0.05) is 66.8 Å². The van der Waals surface area contributed by atoms with Crippen molar-refractivity contribution in [1.29, 1.82) is 0 Å². The highest BCUT2D eigenvalue weighted by Crippen LogP contribution is 2.55. The summed E-state index contributed by atoms with van der Waals surface area (Å²) < 4.78 is 5.19. The molecule has 4 nitrogen and oxygen atoms in total. The van der Waals surface area contributed by atoms with Gasteiger partial charge in [-0.1, -0.05) is 400 Å². The summed E-state index contributed by atoms with van der Waals surface area (Å²) in [5.41, 5.74) is 45.8. The lowest BCUT2D eigenvalue weighted by molar-refractivity contribution is 0.410. The number of nitrogens with zero attached hydrogens (tertiary/aromatic N) is 4. The first kappa shape index (κ1) is 94.3. The average Bonchev–Trinajstić information content (AvgIpc) is 0.754. The molecule has 0 amide bonds. The summed E-state index contributed by atoms with van der Waals surface area (Å²) in [7, 11) is 0. The molecule has 0 atom stereocenters. The molecule has 0 bridgehead atoms. The molecule has 0 saturated carbocycles. The molecule has 0 saturated heterocycles. The predicted octanol–water partition coefficient (Wildman–Crippen LogP) is 36.4. The molecule has 19 aromatic rings. The van der Waals surface area contributed by atoms with Crippen LogP contribution in [0.3, 0.4) is 0 Å². The third kappa shape index (κ3) is 19.3. The Morgan fingerprint density at radius 3 is 0.718 bits per heavy atom. The molecule has 142 heavy (non-hydrogen) atoms. The van der Waals surface area contributed by atoms with Crippen molar-refractivity contribution in [3.8, 4) is 100 Å². The minimum absolute atomic E-state index is 0.0220. The molecule has 4 heterocycles. The van der Waals surface area contributed by atoms with Crippen LogP contribution in [0.4, 0.5) is 34.1 Å². The lowest BCUT2D eigenvalue weighted by Crippen LogP contribution is -2.61. The van der Waals surface area contributed by atoms with E-state index in [1.807, 2.05) is 0 Å². The molecule has 0 spiro atoms. The summed E-state index contributed by atoms with van der Waals surface area (Å²) in [6, 6.07) is 143. The van der Waals surface area contributed by atoms with Gasteiger partial charge >= 0.3 is 0 Å². The van der Waals surface area contributed by atoms with Crippen LogP contribution < -0.4 is 26.2 Å². The Morgan fingerprint density at radius 1 is 0.183 bits per heavy atom. The van der Waals surface area contributed by atoms with Crippen molar-refractivity contribution in [1.82, 2.24) is 9.13 Å². The topological polar surface area (TPSA) is 16.3 Å². The quantitative estimate of drug-likeness (QED) is 0.0750. The van der Waals surface area contributed by atoms with Crippen LogP contribution in [-0.2, 0) is 44.9 Å². The fourth-order valence-corrected chi connectivity index (χ4v) is 23.3. The maximum absolute atomic E-state index is 2.82. The van der Waals surface area contributed by atoms with Crippen LogP contribution in [0.15, 0.2) is 364 Å². The van der Waals surface area contributed by atoms with Crippen LogP contribution in [0.25, 0.3) is 144 Å². The van der Waals surface area contributed by atoms with E-state index >= 15 is 0 Å². The smallest absolute Gasteiger partial charge is 0.252 e. The summed E-state index contributed by atoms with van der Waals surface area (Å²) in [5.74, 6) is 0. The van der Waals surface area contributed by atoms with Gasteiger partial charge in [0.1, 0.15) is 0 Å². The number of hydrogen-bond acceptors (Lipinski definition) is 2. The van der Waals surface area contributed by atoms with Gasteiger partial charge in [-0.3, -0.25) is 0 Å². The maximum Gasteiger partial charge on any atom is 0.252 e. The molecule has 21 rings (SSSR count). The first-order valence-electron chi connectivity index (χ1n) is 51.8. The first-order chi connectivity index (χ1) is 67.7. The molecule has 2 aromatic heterocycles. The van der Waals surface area contributed by atoms with Crippen molar-refractivity contribution in [2.45, 2.75) is 190 Å². The average molecular weight is 1850 g/mol. The zero-order chi connectivity index (χ0) is 99.0. The number of anilines is 6. The lowest BCUT2D eigenvalue weighted by atomic mass is 9.33. The second-order valence-electron chi connectivity index (χ2n) is 49.7. The molecule has 17 aromatic carbocycles. The van der Waals surface area contributed by atoms with Gasteiger partial charge < -0.3 is 18.9 Å². The van der Waals surface area contributed by atoms with Crippen molar-refractivity contribution in [2.24, 2.45) is 37.9 Å². The Kier molecular flexibility index (Phi) is 24.0. The van der Waals surface area contributed by atoms with Gasteiger partial charge in [0.05, 0.1) is 33.4 Å². The molecule has 2 aliphatic heterocycles. The third-order valence-corrected chi connectivity index (χ3v) is 28.6. The number of hydrogen-bond donors (Lipinski definition) is 0. The van der Waals surface area contributed by atoms with Gasteiger partial charge in [0.2, 0.25) is 0 Å². The second kappa shape index (κ2) is 36.2. The number of aromatic nitrogens is 2. The highest BCUT2D eigenvalue weighted by Gasteiger charge is 2.46.